The Hall–Kier alpha value is -0.814. The monoisotopic (exact) mass is 813 g/mol. The zero-order valence-corrected chi connectivity index (χ0v) is 39.4. The summed E-state index contributed by atoms with van der Waals surface area (Å²) in [5.41, 5.74) is -0.376. The van der Waals surface area contributed by atoms with Crippen molar-refractivity contribution in [3.8, 4) is 0 Å². The molecule has 1 aromatic carbocycles. The molecule has 55 heavy (non-hydrogen) atoms. The van der Waals surface area contributed by atoms with Gasteiger partial charge in [0.2, 0.25) is 0 Å². The number of hydrogen-bond acceptors (Lipinski definition) is 7. The van der Waals surface area contributed by atoms with Crippen LogP contribution >= 0.6 is 0 Å². The first-order valence-electron chi connectivity index (χ1n) is 22.0. The van der Waals surface area contributed by atoms with Crippen molar-refractivity contribution in [1.82, 2.24) is 0 Å². The summed E-state index contributed by atoms with van der Waals surface area (Å²) in [6.07, 6.45) is 45.2. The molecule has 0 bridgehead atoms. The van der Waals surface area contributed by atoms with E-state index < -0.39 is 27.0 Å². The molecule has 7 nitrogen and oxygen atoms in total. The number of benzene rings is 1. The molecule has 0 aliphatic carbocycles. The Balaban J connectivity index is 0.0000292. The molecule has 310 valence electrons. The number of allylic oxidation sites excluding steroid dienone is 4. The minimum atomic E-state index is -4.83. The Morgan fingerprint density at radius 2 is 0.800 bits per heavy atom. The quantitative estimate of drug-likeness (QED) is 0.0216. The Morgan fingerprint density at radius 3 is 1.15 bits per heavy atom. The maximum absolute atomic E-state index is 12.9. The van der Waals surface area contributed by atoms with Crippen LogP contribution in [0.5, 0.6) is 0 Å². The standard InChI is InChI=1S/C46H78O7S.K/c1-3-5-7-9-11-13-15-17-19-21-23-25-27-29-31-33-35-39-52-45(47)43-38-37-42(54(49,50)51)41-44(43)46(48)53-40-36-34-32-30-28-26-24-22-20-18-16-14-12-10-8-6-4-2;/h27-30,37-38,41H,3-26,31-36,39-40H2,1-2H3,(H,49,50,51);/q;+1/p-1/b29-27+,30-28+;. The van der Waals surface area contributed by atoms with Crippen LogP contribution in [0.15, 0.2) is 47.4 Å². The second-order valence-corrected chi connectivity index (χ2v) is 16.4. The molecule has 0 radical (unpaired) electrons. The van der Waals surface area contributed by atoms with Crippen LogP contribution < -0.4 is 51.4 Å². The summed E-state index contributed by atoms with van der Waals surface area (Å²) in [6, 6.07) is 3.10. The fraction of sp³-hybridized carbons (Fsp3) is 0.739. The third-order valence-corrected chi connectivity index (χ3v) is 10.8. The molecular weight excluding hydrogens is 736 g/mol. The van der Waals surface area contributed by atoms with Crippen LogP contribution in [0.1, 0.15) is 227 Å². The number of hydrogen-bond donors (Lipinski definition) is 0. The van der Waals surface area contributed by atoms with Crippen molar-refractivity contribution >= 4 is 22.1 Å². The number of esters is 2. The summed E-state index contributed by atoms with van der Waals surface area (Å²) in [5, 5.41) is 0. The van der Waals surface area contributed by atoms with Gasteiger partial charge in [-0.15, -0.1) is 0 Å². The Kier molecular flexibility index (Phi) is 38.1. The fourth-order valence-electron chi connectivity index (χ4n) is 6.56. The van der Waals surface area contributed by atoms with Gasteiger partial charge in [0.1, 0.15) is 10.1 Å². The molecule has 0 N–H and O–H groups in total. The van der Waals surface area contributed by atoms with Gasteiger partial charge < -0.3 is 14.0 Å². The number of carbonyl (C=O) groups is 2. The average Bonchev–Trinajstić information content (AvgIpc) is 3.16. The minimum absolute atomic E-state index is 0. The summed E-state index contributed by atoms with van der Waals surface area (Å²) in [7, 11) is -4.83. The summed E-state index contributed by atoms with van der Waals surface area (Å²) < 4.78 is 45.7. The van der Waals surface area contributed by atoms with E-state index in [0.29, 0.717) is 12.8 Å². The van der Waals surface area contributed by atoms with E-state index in [1.807, 2.05) is 0 Å². The van der Waals surface area contributed by atoms with Gasteiger partial charge in [0.25, 0.3) is 0 Å². The van der Waals surface area contributed by atoms with Gasteiger partial charge in [0, 0.05) is 0 Å². The van der Waals surface area contributed by atoms with Crippen LogP contribution in [0.3, 0.4) is 0 Å². The first-order valence-corrected chi connectivity index (χ1v) is 23.5. The van der Waals surface area contributed by atoms with Gasteiger partial charge in [-0.1, -0.05) is 167 Å². The van der Waals surface area contributed by atoms with Crippen LogP contribution in [0.25, 0.3) is 0 Å². The van der Waals surface area contributed by atoms with Crippen molar-refractivity contribution in [2.75, 3.05) is 13.2 Å². The van der Waals surface area contributed by atoms with E-state index in [1.165, 1.54) is 141 Å². The van der Waals surface area contributed by atoms with Gasteiger partial charge in [0.15, 0.2) is 0 Å². The van der Waals surface area contributed by atoms with Crippen LogP contribution in [0.4, 0.5) is 0 Å². The first kappa shape index (κ1) is 54.2. The van der Waals surface area contributed by atoms with E-state index >= 15 is 0 Å². The van der Waals surface area contributed by atoms with E-state index in [-0.39, 0.29) is 75.7 Å². The average molecular weight is 813 g/mol. The van der Waals surface area contributed by atoms with Crippen molar-refractivity contribution in [2.24, 2.45) is 0 Å². The number of unbranched alkanes of at least 4 members (excludes halogenated alkanes) is 26. The normalized spacial score (nSPS) is 11.7. The zero-order chi connectivity index (χ0) is 39.4. The molecule has 1 aromatic rings. The Labute approximate surface area is 380 Å². The van der Waals surface area contributed by atoms with Gasteiger partial charge >= 0.3 is 63.3 Å². The summed E-state index contributed by atoms with van der Waals surface area (Å²) in [4.78, 5) is 25.2. The van der Waals surface area contributed by atoms with Crippen LogP contribution in [0.2, 0.25) is 0 Å². The van der Waals surface area contributed by atoms with Gasteiger partial charge in [-0.05, 0) is 82.4 Å². The molecule has 0 saturated heterocycles. The number of ether oxygens (including phenoxy) is 2. The maximum Gasteiger partial charge on any atom is 1.00 e. The summed E-state index contributed by atoms with van der Waals surface area (Å²) >= 11 is 0. The molecule has 0 heterocycles. The van der Waals surface area contributed by atoms with E-state index in [2.05, 4.69) is 38.2 Å². The van der Waals surface area contributed by atoms with Gasteiger partial charge in [-0.3, -0.25) is 0 Å². The van der Waals surface area contributed by atoms with E-state index in [4.69, 9.17) is 9.47 Å². The van der Waals surface area contributed by atoms with Gasteiger partial charge in [0.05, 0.1) is 29.2 Å². The largest absolute Gasteiger partial charge is 1.00 e. The molecule has 0 saturated carbocycles. The van der Waals surface area contributed by atoms with Gasteiger partial charge in [-0.25, -0.2) is 18.0 Å². The number of carbonyl (C=O) groups excluding carboxylic acids is 2. The second-order valence-electron chi connectivity index (χ2n) is 15.0. The molecule has 1 rings (SSSR count). The van der Waals surface area contributed by atoms with Crippen molar-refractivity contribution in [1.29, 1.82) is 0 Å². The molecule has 0 aromatic heterocycles. The van der Waals surface area contributed by atoms with Crippen molar-refractivity contribution in [3.63, 3.8) is 0 Å². The smallest absolute Gasteiger partial charge is 0.744 e. The molecule has 0 amide bonds. The van der Waals surface area contributed by atoms with Crippen molar-refractivity contribution in [2.45, 2.75) is 211 Å². The van der Waals surface area contributed by atoms with E-state index in [9.17, 15) is 22.6 Å². The van der Waals surface area contributed by atoms with Crippen LogP contribution in [0, 0.1) is 0 Å². The SMILES string of the molecule is CCCCCCCCCCCCC/C=C/CCCCOC(=O)c1ccc(S(=O)(=O)[O-])cc1C(=O)OCCCC/C=C/CCCCCCCCCCCCC.[K+]. The predicted molar refractivity (Wildman–Crippen MR) is 223 cm³/mol. The third-order valence-electron chi connectivity index (χ3n) is 10.00. The molecular formula is C46H77KO7S. The molecule has 0 spiro atoms. The Morgan fingerprint density at radius 1 is 0.491 bits per heavy atom. The molecule has 9 heteroatoms. The Bertz CT molecular complexity index is 1240. The van der Waals surface area contributed by atoms with Gasteiger partial charge in [-0.2, -0.15) is 0 Å². The second kappa shape index (κ2) is 38.7. The fourth-order valence-corrected chi connectivity index (χ4v) is 7.06. The van der Waals surface area contributed by atoms with Crippen LogP contribution in [-0.4, -0.2) is 38.1 Å². The molecule has 0 aliphatic heterocycles. The van der Waals surface area contributed by atoms with Crippen LogP contribution in [-0.2, 0) is 19.6 Å². The summed E-state index contributed by atoms with van der Waals surface area (Å²) in [5.74, 6) is -1.59. The van der Waals surface area contributed by atoms with Crippen molar-refractivity contribution in [3.05, 3.63) is 53.6 Å². The molecule has 0 atom stereocenters. The minimum Gasteiger partial charge on any atom is -0.744 e. The molecule has 0 unspecified atom stereocenters. The van der Waals surface area contributed by atoms with E-state index in [1.54, 1.807) is 0 Å². The number of rotatable bonds is 37. The summed E-state index contributed by atoms with van der Waals surface area (Å²) in [6.45, 7) is 4.82. The third kappa shape index (κ3) is 31.8. The molecule has 0 aliphatic rings. The first-order chi connectivity index (χ1) is 26.3. The predicted octanol–water partition coefficient (Wildman–Crippen LogP) is 10.8. The maximum atomic E-state index is 12.9. The van der Waals surface area contributed by atoms with Crippen molar-refractivity contribution < 1.29 is 83.4 Å². The molecule has 0 fully saturated rings. The topological polar surface area (TPSA) is 110 Å². The van der Waals surface area contributed by atoms with E-state index in [0.717, 1.165) is 56.7 Å². The zero-order valence-electron chi connectivity index (χ0n) is 35.4.